The first kappa shape index (κ1) is 15.1. The van der Waals surface area contributed by atoms with Crippen molar-refractivity contribution in [2.45, 2.75) is 11.8 Å². The van der Waals surface area contributed by atoms with Gasteiger partial charge in [-0.05, 0) is 40.5 Å². The van der Waals surface area contributed by atoms with Gasteiger partial charge in [-0.3, -0.25) is 4.72 Å². The van der Waals surface area contributed by atoms with Crippen LogP contribution in [0.4, 0.5) is 5.69 Å². The number of hydrogen-bond donors (Lipinski definition) is 2. The first-order chi connectivity index (χ1) is 9.29. The monoisotopic (exact) mass is 376 g/mol. The summed E-state index contributed by atoms with van der Waals surface area (Å²) in [5, 5.41) is 9.46. The molecule has 0 bridgehead atoms. The molecule has 1 aromatic heterocycles. The molecular formula is C12H10BrClN2O3S. The molecule has 0 aliphatic rings. The van der Waals surface area contributed by atoms with Crippen LogP contribution in [0.2, 0.25) is 5.15 Å². The Hall–Kier alpha value is -1.31. The molecule has 2 N–H and O–H groups in total. The lowest BCUT2D eigenvalue weighted by Gasteiger charge is -2.10. The third-order valence-corrected chi connectivity index (χ3v) is 4.77. The molecule has 1 aromatic carbocycles. The zero-order valence-corrected chi connectivity index (χ0v) is 13.4. The number of aromatic hydroxyl groups is 1. The van der Waals surface area contributed by atoms with E-state index in [1.54, 1.807) is 19.1 Å². The average molecular weight is 378 g/mol. The third-order valence-electron chi connectivity index (χ3n) is 2.52. The topological polar surface area (TPSA) is 79.3 Å². The number of aryl methyl sites for hydroxylation is 1. The summed E-state index contributed by atoms with van der Waals surface area (Å²) in [6.45, 7) is 1.71. The van der Waals surface area contributed by atoms with E-state index in [1.165, 1.54) is 18.3 Å². The lowest BCUT2D eigenvalue weighted by Crippen LogP contribution is -2.14. The normalized spacial score (nSPS) is 11.3. The number of halogens is 2. The molecule has 0 spiro atoms. The minimum Gasteiger partial charge on any atom is -0.508 e. The van der Waals surface area contributed by atoms with Crippen molar-refractivity contribution < 1.29 is 13.5 Å². The Balaban J connectivity index is 2.40. The van der Waals surface area contributed by atoms with Crippen LogP contribution >= 0.6 is 27.5 Å². The third kappa shape index (κ3) is 3.23. The zero-order chi connectivity index (χ0) is 14.9. The van der Waals surface area contributed by atoms with Gasteiger partial charge in [-0.15, -0.1) is 0 Å². The number of phenols is 1. The SMILES string of the molecule is Cc1ccc(NS(=O)(=O)c2cc(Br)cnc2Cl)cc1O. The van der Waals surface area contributed by atoms with Gasteiger partial charge in [0.2, 0.25) is 0 Å². The smallest absolute Gasteiger partial charge is 0.265 e. The van der Waals surface area contributed by atoms with Gasteiger partial charge in [-0.1, -0.05) is 17.7 Å². The van der Waals surface area contributed by atoms with Gasteiger partial charge in [0, 0.05) is 16.7 Å². The van der Waals surface area contributed by atoms with Crippen LogP contribution in [0.1, 0.15) is 5.56 Å². The number of hydrogen-bond acceptors (Lipinski definition) is 4. The fraction of sp³-hybridized carbons (Fsp3) is 0.0833. The largest absolute Gasteiger partial charge is 0.508 e. The number of rotatable bonds is 3. The van der Waals surface area contributed by atoms with Crippen LogP contribution in [0.3, 0.4) is 0 Å². The highest BCUT2D eigenvalue weighted by Gasteiger charge is 2.19. The summed E-state index contributed by atoms with van der Waals surface area (Å²) in [7, 11) is -3.88. The second kappa shape index (κ2) is 5.59. The molecule has 0 saturated heterocycles. The Bertz CT molecular complexity index is 765. The molecule has 0 atom stereocenters. The minimum atomic E-state index is -3.88. The number of sulfonamides is 1. The molecule has 0 saturated carbocycles. The van der Waals surface area contributed by atoms with Gasteiger partial charge in [0.25, 0.3) is 10.0 Å². The van der Waals surface area contributed by atoms with E-state index in [4.69, 9.17) is 11.6 Å². The average Bonchev–Trinajstić information content (AvgIpc) is 2.36. The highest BCUT2D eigenvalue weighted by atomic mass is 79.9. The molecule has 5 nitrogen and oxygen atoms in total. The van der Waals surface area contributed by atoms with E-state index < -0.39 is 10.0 Å². The van der Waals surface area contributed by atoms with Crippen molar-refractivity contribution >= 4 is 43.2 Å². The number of benzene rings is 1. The van der Waals surface area contributed by atoms with Gasteiger partial charge in [0.1, 0.15) is 15.8 Å². The van der Waals surface area contributed by atoms with Crippen LogP contribution in [0.25, 0.3) is 0 Å². The van der Waals surface area contributed by atoms with Crippen molar-refractivity contribution in [2.24, 2.45) is 0 Å². The maximum Gasteiger partial charge on any atom is 0.265 e. The Kier molecular flexibility index (Phi) is 4.22. The zero-order valence-electron chi connectivity index (χ0n) is 10.3. The number of pyridine rings is 1. The molecule has 0 amide bonds. The first-order valence-electron chi connectivity index (χ1n) is 5.43. The predicted octanol–water partition coefficient (Wildman–Crippen LogP) is 3.31. The molecule has 2 rings (SSSR count). The summed E-state index contributed by atoms with van der Waals surface area (Å²) >= 11 is 8.94. The van der Waals surface area contributed by atoms with E-state index in [0.717, 1.165) is 0 Å². The highest BCUT2D eigenvalue weighted by molar-refractivity contribution is 9.10. The van der Waals surface area contributed by atoms with Crippen LogP contribution in [-0.4, -0.2) is 18.5 Å². The fourth-order valence-corrected chi connectivity index (χ4v) is 3.47. The maximum absolute atomic E-state index is 12.2. The number of phenolic OH excluding ortho intramolecular Hbond substituents is 1. The Morgan fingerprint density at radius 1 is 1.35 bits per heavy atom. The fourth-order valence-electron chi connectivity index (χ4n) is 1.48. The van der Waals surface area contributed by atoms with Crippen molar-refractivity contribution in [2.75, 3.05) is 4.72 Å². The Morgan fingerprint density at radius 2 is 2.05 bits per heavy atom. The van der Waals surface area contributed by atoms with E-state index in [9.17, 15) is 13.5 Å². The Labute approximate surface area is 129 Å². The number of anilines is 1. The number of nitrogens with one attached hydrogen (secondary N) is 1. The molecule has 2 aromatic rings. The quantitative estimate of drug-likeness (QED) is 0.804. The number of aromatic nitrogens is 1. The van der Waals surface area contributed by atoms with E-state index in [1.807, 2.05) is 0 Å². The van der Waals surface area contributed by atoms with Crippen molar-refractivity contribution in [1.29, 1.82) is 0 Å². The van der Waals surface area contributed by atoms with Crippen molar-refractivity contribution in [1.82, 2.24) is 4.98 Å². The number of nitrogens with zero attached hydrogens (tertiary/aromatic N) is 1. The Morgan fingerprint density at radius 3 is 2.70 bits per heavy atom. The van der Waals surface area contributed by atoms with Gasteiger partial charge in [-0.25, -0.2) is 13.4 Å². The van der Waals surface area contributed by atoms with Crippen molar-refractivity contribution in [3.8, 4) is 5.75 Å². The van der Waals surface area contributed by atoms with Crippen LogP contribution in [0, 0.1) is 6.92 Å². The second-order valence-corrected chi connectivity index (χ2v) is 6.97. The molecule has 0 aliphatic heterocycles. The summed E-state index contributed by atoms with van der Waals surface area (Å²) < 4.78 is 27.3. The summed E-state index contributed by atoms with van der Waals surface area (Å²) in [5.41, 5.74) is 0.888. The van der Waals surface area contributed by atoms with Gasteiger partial charge in [0.15, 0.2) is 0 Å². The molecule has 0 radical (unpaired) electrons. The predicted molar refractivity (Wildman–Crippen MR) is 80.6 cm³/mol. The molecule has 0 fully saturated rings. The lowest BCUT2D eigenvalue weighted by atomic mass is 10.2. The van der Waals surface area contributed by atoms with Gasteiger partial charge in [-0.2, -0.15) is 0 Å². The van der Waals surface area contributed by atoms with Crippen LogP contribution in [-0.2, 0) is 10.0 Å². The second-order valence-electron chi connectivity index (χ2n) is 4.05. The van der Waals surface area contributed by atoms with E-state index in [0.29, 0.717) is 10.0 Å². The van der Waals surface area contributed by atoms with Crippen molar-refractivity contribution in [3.05, 3.63) is 45.7 Å². The summed E-state index contributed by atoms with van der Waals surface area (Å²) in [5.74, 6) is 0.00339. The molecule has 0 unspecified atom stereocenters. The van der Waals surface area contributed by atoms with Crippen LogP contribution in [0.5, 0.6) is 5.75 Å². The standard InChI is InChI=1S/C12H10BrClN2O3S/c1-7-2-3-9(5-10(7)17)16-20(18,19)11-4-8(13)6-15-12(11)14/h2-6,16-17H,1H3. The molecular weight excluding hydrogens is 368 g/mol. The van der Waals surface area contributed by atoms with Gasteiger partial charge >= 0.3 is 0 Å². The van der Waals surface area contributed by atoms with Gasteiger partial charge in [0.05, 0.1) is 5.69 Å². The van der Waals surface area contributed by atoms with Crippen molar-refractivity contribution in [3.63, 3.8) is 0 Å². The summed E-state index contributed by atoms with van der Waals surface area (Å²) in [6.07, 6.45) is 1.40. The van der Waals surface area contributed by atoms with Crippen LogP contribution < -0.4 is 4.72 Å². The van der Waals surface area contributed by atoms with Crippen LogP contribution in [0.15, 0.2) is 39.8 Å². The molecule has 20 heavy (non-hydrogen) atoms. The van der Waals surface area contributed by atoms with E-state index in [-0.39, 0.29) is 21.5 Å². The molecule has 8 heteroatoms. The van der Waals surface area contributed by atoms with E-state index in [2.05, 4.69) is 25.6 Å². The maximum atomic E-state index is 12.2. The molecule has 0 aliphatic carbocycles. The molecule has 1 heterocycles. The highest BCUT2D eigenvalue weighted by Crippen LogP contribution is 2.27. The summed E-state index contributed by atoms with van der Waals surface area (Å²) in [4.78, 5) is 3.62. The summed E-state index contributed by atoms with van der Waals surface area (Å²) in [6, 6.07) is 5.83. The molecule has 106 valence electrons. The minimum absolute atomic E-state index is 0.00339. The van der Waals surface area contributed by atoms with Gasteiger partial charge < -0.3 is 5.11 Å². The lowest BCUT2D eigenvalue weighted by molar-refractivity contribution is 0.471. The first-order valence-corrected chi connectivity index (χ1v) is 8.08. The van der Waals surface area contributed by atoms with E-state index >= 15 is 0 Å².